The van der Waals surface area contributed by atoms with E-state index < -0.39 is 11.5 Å². The molecule has 2 rings (SSSR count). The third kappa shape index (κ3) is 2.27. The summed E-state index contributed by atoms with van der Waals surface area (Å²) in [5.41, 5.74) is -0.915. The number of hydrogen-bond donors (Lipinski definition) is 2. The molecule has 0 unspecified atom stereocenters. The molecule has 2 fully saturated rings. The minimum Gasteiger partial charge on any atom is -0.480 e. The van der Waals surface area contributed by atoms with Crippen LogP contribution in [0.4, 0.5) is 0 Å². The van der Waals surface area contributed by atoms with Gasteiger partial charge in [-0.05, 0) is 37.2 Å². The van der Waals surface area contributed by atoms with Crippen molar-refractivity contribution >= 4 is 23.6 Å². The summed E-state index contributed by atoms with van der Waals surface area (Å²) in [5, 5.41) is 11.6. The molecule has 4 nitrogen and oxygen atoms in total. The van der Waals surface area contributed by atoms with E-state index in [0.29, 0.717) is 12.8 Å². The van der Waals surface area contributed by atoms with Crippen molar-refractivity contribution in [2.75, 3.05) is 11.5 Å². The van der Waals surface area contributed by atoms with Crippen molar-refractivity contribution in [2.45, 2.75) is 31.2 Å². The van der Waals surface area contributed by atoms with E-state index >= 15 is 0 Å². The molecule has 0 bridgehead atoms. The molecule has 1 aliphatic carbocycles. The van der Waals surface area contributed by atoms with Crippen LogP contribution in [0, 0.1) is 5.92 Å². The molecule has 0 aromatic heterocycles. The Kier molecular flexibility index (Phi) is 2.91. The van der Waals surface area contributed by atoms with Gasteiger partial charge in [-0.2, -0.15) is 11.8 Å². The van der Waals surface area contributed by atoms with E-state index in [1.807, 2.05) is 11.8 Å². The quantitative estimate of drug-likeness (QED) is 0.753. The zero-order valence-corrected chi connectivity index (χ0v) is 9.31. The van der Waals surface area contributed by atoms with Gasteiger partial charge in [0.1, 0.15) is 5.54 Å². The lowest BCUT2D eigenvalue weighted by atomic mass is 10.0. The van der Waals surface area contributed by atoms with E-state index in [1.54, 1.807) is 0 Å². The lowest BCUT2D eigenvalue weighted by Crippen LogP contribution is -2.46. The smallest absolute Gasteiger partial charge is 0.329 e. The summed E-state index contributed by atoms with van der Waals surface area (Å²) in [6.07, 6.45) is 2.92. The van der Waals surface area contributed by atoms with Gasteiger partial charge in [0.05, 0.1) is 0 Å². The van der Waals surface area contributed by atoms with E-state index in [0.717, 1.165) is 24.3 Å². The summed E-state index contributed by atoms with van der Waals surface area (Å²) in [6, 6.07) is 0. The van der Waals surface area contributed by atoms with Gasteiger partial charge in [-0.3, -0.25) is 4.79 Å². The number of amides is 1. The van der Waals surface area contributed by atoms with Crippen LogP contribution in [-0.2, 0) is 9.59 Å². The number of aliphatic carboxylic acids is 1. The Morgan fingerprint density at radius 3 is 2.33 bits per heavy atom. The molecule has 1 saturated heterocycles. The molecule has 5 heteroatoms. The number of carboxylic acid groups (broad SMARTS) is 1. The maximum Gasteiger partial charge on any atom is 0.329 e. The molecule has 1 heterocycles. The number of thioether (sulfide) groups is 1. The largest absolute Gasteiger partial charge is 0.480 e. The number of rotatable bonds is 3. The number of carbonyl (C=O) groups is 2. The third-order valence-electron chi connectivity index (χ3n) is 3.11. The predicted molar refractivity (Wildman–Crippen MR) is 57.8 cm³/mol. The van der Waals surface area contributed by atoms with Crippen LogP contribution in [-0.4, -0.2) is 34.0 Å². The molecule has 0 spiro atoms. The van der Waals surface area contributed by atoms with Crippen molar-refractivity contribution in [1.29, 1.82) is 0 Å². The Morgan fingerprint density at radius 2 is 1.87 bits per heavy atom. The first-order valence-corrected chi connectivity index (χ1v) is 6.43. The van der Waals surface area contributed by atoms with Gasteiger partial charge in [0.2, 0.25) is 5.91 Å². The minimum absolute atomic E-state index is 0.0306. The second-order valence-corrected chi connectivity index (χ2v) is 5.49. The number of nitrogens with one attached hydrogen (secondary N) is 1. The average Bonchev–Trinajstić information content (AvgIpc) is 3.00. The van der Waals surface area contributed by atoms with Crippen LogP contribution in [0.3, 0.4) is 0 Å². The topological polar surface area (TPSA) is 66.4 Å². The minimum atomic E-state index is -0.915. The lowest BCUT2D eigenvalue weighted by Gasteiger charge is -2.22. The summed E-state index contributed by atoms with van der Waals surface area (Å²) < 4.78 is 0. The highest BCUT2D eigenvalue weighted by Gasteiger charge is 2.52. The van der Waals surface area contributed by atoms with Crippen molar-refractivity contribution in [3.8, 4) is 0 Å². The first-order chi connectivity index (χ1) is 7.14. The molecule has 1 saturated carbocycles. The zero-order valence-electron chi connectivity index (χ0n) is 8.49. The first kappa shape index (κ1) is 10.8. The molecular formula is C10H15NO3S. The number of hydrogen-bond acceptors (Lipinski definition) is 3. The highest BCUT2D eigenvalue weighted by Crippen LogP contribution is 2.36. The fourth-order valence-electron chi connectivity index (χ4n) is 1.81. The normalized spacial score (nSPS) is 24.5. The van der Waals surface area contributed by atoms with Crippen molar-refractivity contribution in [3.63, 3.8) is 0 Å². The molecule has 1 amide bonds. The summed E-state index contributed by atoms with van der Waals surface area (Å²) in [4.78, 5) is 22.7. The van der Waals surface area contributed by atoms with Gasteiger partial charge >= 0.3 is 5.97 Å². The molecule has 0 radical (unpaired) electrons. The Balaban J connectivity index is 1.89. The van der Waals surface area contributed by atoms with Crippen molar-refractivity contribution in [1.82, 2.24) is 5.32 Å². The van der Waals surface area contributed by atoms with Crippen LogP contribution < -0.4 is 5.32 Å². The SMILES string of the molecule is O=C(NC1(C(=O)O)CC1)C1CCSCC1. The van der Waals surface area contributed by atoms with Gasteiger partial charge in [-0.15, -0.1) is 0 Å². The Bertz CT molecular complexity index is 282. The first-order valence-electron chi connectivity index (χ1n) is 5.27. The van der Waals surface area contributed by atoms with E-state index in [4.69, 9.17) is 5.11 Å². The van der Waals surface area contributed by atoms with Crippen molar-refractivity contribution < 1.29 is 14.7 Å². The summed E-state index contributed by atoms with van der Waals surface area (Å²) in [6.45, 7) is 0. The monoisotopic (exact) mass is 229 g/mol. The van der Waals surface area contributed by atoms with E-state index in [2.05, 4.69) is 5.32 Å². The number of carboxylic acids is 1. The van der Waals surface area contributed by atoms with Gasteiger partial charge in [-0.1, -0.05) is 0 Å². The molecule has 0 aromatic rings. The van der Waals surface area contributed by atoms with E-state index in [-0.39, 0.29) is 11.8 Å². The molecule has 2 aliphatic rings. The standard InChI is InChI=1S/C10H15NO3S/c12-8(7-1-5-15-6-2-7)11-10(3-4-10)9(13)14/h7H,1-6H2,(H,11,12)(H,13,14). The molecular weight excluding hydrogens is 214 g/mol. The van der Waals surface area contributed by atoms with Gasteiger partial charge < -0.3 is 10.4 Å². The van der Waals surface area contributed by atoms with Gasteiger partial charge in [0.15, 0.2) is 0 Å². The molecule has 15 heavy (non-hydrogen) atoms. The van der Waals surface area contributed by atoms with Crippen molar-refractivity contribution in [3.05, 3.63) is 0 Å². The second-order valence-electron chi connectivity index (χ2n) is 4.26. The highest BCUT2D eigenvalue weighted by atomic mass is 32.2. The van der Waals surface area contributed by atoms with Crippen LogP contribution >= 0.6 is 11.8 Å². The maximum absolute atomic E-state index is 11.8. The highest BCUT2D eigenvalue weighted by molar-refractivity contribution is 7.99. The molecule has 2 N–H and O–H groups in total. The Morgan fingerprint density at radius 1 is 1.27 bits per heavy atom. The molecule has 0 aromatic carbocycles. The number of carbonyl (C=O) groups excluding carboxylic acids is 1. The van der Waals surface area contributed by atoms with Gasteiger partial charge in [-0.25, -0.2) is 4.79 Å². The fourth-order valence-corrected chi connectivity index (χ4v) is 2.92. The fraction of sp³-hybridized carbons (Fsp3) is 0.800. The Hall–Kier alpha value is -0.710. The summed E-state index contributed by atoms with van der Waals surface area (Å²) >= 11 is 1.86. The van der Waals surface area contributed by atoms with Gasteiger partial charge in [0, 0.05) is 5.92 Å². The van der Waals surface area contributed by atoms with Crippen LogP contribution in [0.15, 0.2) is 0 Å². The van der Waals surface area contributed by atoms with Gasteiger partial charge in [0.25, 0.3) is 0 Å². The molecule has 0 atom stereocenters. The molecule has 84 valence electrons. The molecule has 1 aliphatic heterocycles. The Labute approximate surface area is 92.8 Å². The maximum atomic E-state index is 11.8. The third-order valence-corrected chi connectivity index (χ3v) is 4.16. The zero-order chi connectivity index (χ0) is 10.9. The summed E-state index contributed by atoms with van der Waals surface area (Å²) in [5.74, 6) is 1.11. The average molecular weight is 229 g/mol. The van der Waals surface area contributed by atoms with Crippen molar-refractivity contribution in [2.24, 2.45) is 5.92 Å². The predicted octanol–water partition coefficient (Wildman–Crippen LogP) is 0.863. The van der Waals surface area contributed by atoms with Crippen LogP contribution in [0.2, 0.25) is 0 Å². The van der Waals surface area contributed by atoms with E-state index in [1.165, 1.54) is 0 Å². The van der Waals surface area contributed by atoms with E-state index in [9.17, 15) is 9.59 Å². The second kappa shape index (κ2) is 4.04. The van der Waals surface area contributed by atoms with Crippen LogP contribution in [0.5, 0.6) is 0 Å². The van der Waals surface area contributed by atoms with Crippen LogP contribution in [0.25, 0.3) is 0 Å². The van der Waals surface area contributed by atoms with Crippen LogP contribution in [0.1, 0.15) is 25.7 Å². The lowest BCUT2D eigenvalue weighted by molar-refractivity contribution is -0.143. The summed E-state index contributed by atoms with van der Waals surface area (Å²) in [7, 11) is 0.